The third-order valence-electron chi connectivity index (χ3n) is 3.04. The van der Waals surface area contributed by atoms with Crippen LogP contribution >= 0.6 is 0 Å². The maximum absolute atomic E-state index is 12.8. The maximum atomic E-state index is 12.8. The van der Waals surface area contributed by atoms with Crippen LogP contribution in [0.4, 0.5) is 4.39 Å². The van der Waals surface area contributed by atoms with Crippen LogP contribution in [0.5, 0.6) is 0 Å². The van der Waals surface area contributed by atoms with Crippen molar-refractivity contribution in [2.24, 2.45) is 0 Å². The molecule has 108 valence electrons. The molecule has 1 N–H and O–H groups in total. The van der Waals surface area contributed by atoms with Crippen LogP contribution in [0.25, 0.3) is 0 Å². The lowest BCUT2D eigenvalue weighted by atomic mass is 10.1. The molecule has 2 rings (SSSR count). The molecule has 0 saturated heterocycles. The van der Waals surface area contributed by atoms with Gasteiger partial charge in [-0.05, 0) is 35.9 Å². The number of carbonyl (C=O) groups is 2. The van der Waals surface area contributed by atoms with Crippen LogP contribution in [0.1, 0.15) is 26.3 Å². The Morgan fingerprint density at radius 1 is 1.10 bits per heavy atom. The van der Waals surface area contributed by atoms with E-state index in [0.717, 1.165) is 5.56 Å². The summed E-state index contributed by atoms with van der Waals surface area (Å²) in [5.74, 6) is -1.70. The molecule has 0 heterocycles. The normalized spacial score (nSPS) is 10.2. The molecule has 2 aromatic rings. The average molecular weight is 287 g/mol. The average Bonchev–Trinajstić information content (AvgIpc) is 2.49. The number of carboxylic acid groups (broad SMARTS) is 1. The summed E-state index contributed by atoms with van der Waals surface area (Å²) in [5, 5.41) is 8.93. The summed E-state index contributed by atoms with van der Waals surface area (Å²) in [7, 11) is 1.61. The fourth-order valence-corrected chi connectivity index (χ4v) is 1.94. The molecule has 0 fully saturated rings. The van der Waals surface area contributed by atoms with E-state index in [9.17, 15) is 14.0 Å². The number of aromatic carboxylic acids is 1. The monoisotopic (exact) mass is 287 g/mol. The summed E-state index contributed by atoms with van der Waals surface area (Å²) < 4.78 is 12.8. The quantitative estimate of drug-likeness (QED) is 0.940. The zero-order chi connectivity index (χ0) is 15.4. The van der Waals surface area contributed by atoms with E-state index < -0.39 is 5.97 Å². The molecule has 0 aromatic heterocycles. The molecular weight excluding hydrogens is 273 g/mol. The number of carboxylic acids is 1. The third kappa shape index (κ3) is 3.66. The van der Waals surface area contributed by atoms with Gasteiger partial charge < -0.3 is 10.0 Å². The number of hydrogen-bond acceptors (Lipinski definition) is 2. The highest BCUT2D eigenvalue weighted by atomic mass is 19.1. The molecule has 0 aliphatic rings. The largest absolute Gasteiger partial charge is 0.478 e. The SMILES string of the molecule is CN(Cc1ccc(F)cc1)C(=O)c1cccc(C(=O)O)c1. The Morgan fingerprint density at radius 3 is 2.33 bits per heavy atom. The molecule has 0 spiro atoms. The zero-order valence-corrected chi connectivity index (χ0v) is 11.4. The summed E-state index contributed by atoms with van der Waals surface area (Å²) >= 11 is 0. The summed E-state index contributed by atoms with van der Waals surface area (Å²) in [4.78, 5) is 24.6. The molecule has 0 atom stereocenters. The van der Waals surface area contributed by atoms with Gasteiger partial charge in [0.2, 0.25) is 0 Å². The first kappa shape index (κ1) is 14.7. The first-order valence-corrected chi connectivity index (χ1v) is 6.30. The molecule has 1 amide bonds. The number of amides is 1. The van der Waals surface area contributed by atoms with Gasteiger partial charge in [0.05, 0.1) is 5.56 Å². The van der Waals surface area contributed by atoms with Crippen molar-refractivity contribution in [3.8, 4) is 0 Å². The van der Waals surface area contributed by atoms with Gasteiger partial charge in [-0.3, -0.25) is 4.79 Å². The molecule has 0 saturated carbocycles. The van der Waals surface area contributed by atoms with Gasteiger partial charge in [-0.1, -0.05) is 18.2 Å². The van der Waals surface area contributed by atoms with Gasteiger partial charge in [-0.15, -0.1) is 0 Å². The Kier molecular flexibility index (Phi) is 4.33. The first-order chi connectivity index (χ1) is 9.97. The lowest BCUT2D eigenvalue weighted by Gasteiger charge is -2.17. The lowest BCUT2D eigenvalue weighted by molar-refractivity contribution is 0.0697. The van der Waals surface area contributed by atoms with Crippen LogP contribution in [-0.4, -0.2) is 28.9 Å². The van der Waals surface area contributed by atoms with Gasteiger partial charge in [-0.2, -0.15) is 0 Å². The number of rotatable bonds is 4. The number of halogens is 1. The highest BCUT2D eigenvalue weighted by Crippen LogP contribution is 2.11. The van der Waals surface area contributed by atoms with Crippen molar-refractivity contribution >= 4 is 11.9 Å². The molecule has 0 aliphatic carbocycles. The van der Waals surface area contributed by atoms with Crippen molar-refractivity contribution in [1.82, 2.24) is 4.90 Å². The standard InChI is InChI=1S/C16H14FNO3/c1-18(10-11-5-7-14(17)8-6-11)15(19)12-3-2-4-13(9-12)16(20)21/h2-9H,10H2,1H3,(H,20,21). The number of nitrogens with zero attached hydrogens (tertiary/aromatic N) is 1. The number of carbonyl (C=O) groups excluding carboxylic acids is 1. The second-order valence-corrected chi connectivity index (χ2v) is 4.67. The summed E-state index contributed by atoms with van der Waals surface area (Å²) in [6, 6.07) is 11.7. The van der Waals surface area contributed by atoms with E-state index in [2.05, 4.69) is 0 Å². The van der Waals surface area contributed by atoms with Crippen LogP contribution in [0, 0.1) is 5.82 Å². The fraction of sp³-hybridized carbons (Fsp3) is 0.125. The van der Waals surface area contributed by atoms with Crippen molar-refractivity contribution in [3.05, 3.63) is 71.0 Å². The van der Waals surface area contributed by atoms with E-state index in [1.54, 1.807) is 25.2 Å². The summed E-state index contributed by atoms with van der Waals surface area (Å²) in [5.41, 5.74) is 1.16. The Hall–Kier alpha value is -2.69. The van der Waals surface area contributed by atoms with Crippen LogP contribution in [0.2, 0.25) is 0 Å². The van der Waals surface area contributed by atoms with Crippen molar-refractivity contribution in [2.45, 2.75) is 6.54 Å². The smallest absolute Gasteiger partial charge is 0.335 e. The predicted molar refractivity (Wildman–Crippen MR) is 75.6 cm³/mol. The topological polar surface area (TPSA) is 57.6 Å². The second kappa shape index (κ2) is 6.17. The van der Waals surface area contributed by atoms with E-state index >= 15 is 0 Å². The summed E-state index contributed by atoms with van der Waals surface area (Å²) in [6.07, 6.45) is 0. The van der Waals surface area contributed by atoms with Crippen LogP contribution in [0.15, 0.2) is 48.5 Å². The Balaban J connectivity index is 2.13. The molecular formula is C16H14FNO3. The molecule has 0 bridgehead atoms. The summed E-state index contributed by atoms with van der Waals surface area (Å²) in [6.45, 7) is 0.316. The minimum absolute atomic E-state index is 0.0658. The highest BCUT2D eigenvalue weighted by Gasteiger charge is 2.14. The van der Waals surface area contributed by atoms with Crippen LogP contribution in [-0.2, 0) is 6.54 Å². The van der Waals surface area contributed by atoms with Crippen LogP contribution < -0.4 is 0 Å². The predicted octanol–water partition coefficient (Wildman–Crippen LogP) is 2.80. The van der Waals surface area contributed by atoms with E-state index in [-0.39, 0.29) is 17.3 Å². The molecule has 4 nitrogen and oxygen atoms in total. The minimum atomic E-state index is -1.08. The first-order valence-electron chi connectivity index (χ1n) is 6.30. The molecule has 2 aromatic carbocycles. The van der Waals surface area contributed by atoms with E-state index in [1.165, 1.54) is 35.2 Å². The van der Waals surface area contributed by atoms with Gasteiger partial charge in [-0.25, -0.2) is 9.18 Å². The van der Waals surface area contributed by atoms with Gasteiger partial charge in [0, 0.05) is 19.2 Å². The number of benzene rings is 2. The minimum Gasteiger partial charge on any atom is -0.478 e. The fourth-order valence-electron chi connectivity index (χ4n) is 1.94. The van der Waals surface area contributed by atoms with E-state index in [4.69, 9.17) is 5.11 Å². The maximum Gasteiger partial charge on any atom is 0.335 e. The van der Waals surface area contributed by atoms with E-state index in [1.807, 2.05) is 0 Å². The van der Waals surface area contributed by atoms with Crippen molar-refractivity contribution in [3.63, 3.8) is 0 Å². The molecule has 21 heavy (non-hydrogen) atoms. The third-order valence-corrected chi connectivity index (χ3v) is 3.04. The van der Waals surface area contributed by atoms with Crippen molar-refractivity contribution in [2.75, 3.05) is 7.05 Å². The van der Waals surface area contributed by atoms with Crippen LogP contribution in [0.3, 0.4) is 0 Å². The molecule has 5 heteroatoms. The second-order valence-electron chi connectivity index (χ2n) is 4.67. The lowest BCUT2D eigenvalue weighted by Crippen LogP contribution is -2.26. The molecule has 0 unspecified atom stereocenters. The Labute approximate surface area is 121 Å². The van der Waals surface area contributed by atoms with Gasteiger partial charge in [0.1, 0.15) is 5.82 Å². The Morgan fingerprint density at radius 2 is 1.71 bits per heavy atom. The zero-order valence-electron chi connectivity index (χ0n) is 11.4. The van der Waals surface area contributed by atoms with Crippen molar-refractivity contribution < 1.29 is 19.1 Å². The van der Waals surface area contributed by atoms with E-state index in [0.29, 0.717) is 12.1 Å². The van der Waals surface area contributed by atoms with Gasteiger partial charge in [0.15, 0.2) is 0 Å². The number of hydrogen-bond donors (Lipinski definition) is 1. The van der Waals surface area contributed by atoms with Crippen molar-refractivity contribution in [1.29, 1.82) is 0 Å². The van der Waals surface area contributed by atoms with Gasteiger partial charge >= 0.3 is 5.97 Å². The Bertz CT molecular complexity index is 667. The molecule has 0 radical (unpaired) electrons. The molecule has 0 aliphatic heterocycles. The highest BCUT2D eigenvalue weighted by molar-refractivity contribution is 5.97. The van der Waals surface area contributed by atoms with Gasteiger partial charge in [0.25, 0.3) is 5.91 Å².